The summed E-state index contributed by atoms with van der Waals surface area (Å²) in [5, 5.41) is 0. The van der Waals surface area contributed by atoms with Crippen LogP contribution in [0.1, 0.15) is 31.2 Å². The van der Waals surface area contributed by atoms with E-state index in [4.69, 9.17) is 4.74 Å². The maximum absolute atomic E-state index is 5.18. The Bertz CT molecular complexity index is 410. The first-order valence-corrected chi connectivity index (χ1v) is 6.87. The molecule has 2 bridgehead atoms. The minimum absolute atomic E-state index is 0.727. The number of ether oxygens (including phenoxy) is 1. The fourth-order valence-electron chi connectivity index (χ4n) is 3.46. The van der Waals surface area contributed by atoms with Gasteiger partial charge in [-0.15, -0.1) is 0 Å². The van der Waals surface area contributed by atoms with Crippen molar-refractivity contribution < 1.29 is 4.74 Å². The van der Waals surface area contributed by atoms with Crippen LogP contribution in [0, 0.1) is 0 Å². The number of fused-ring (bicyclic) bond motifs is 2. The van der Waals surface area contributed by atoms with Crippen molar-refractivity contribution >= 4 is 0 Å². The summed E-state index contributed by atoms with van der Waals surface area (Å²) in [5.41, 5.74) is 2.93. The molecule has 0 spiro atoms. The second kappa shape index (κ2) is 5.15. The molecule has 18 heavy (non-hydrogen) atoms. The molecule has 2 nitrogen and oxygen atoms in total. The molecular weight excluding hydrogens is 222 g/mol. The van der Waals surface area contributed by atoms with Crippen molar-refractivity contribution in [2.75, 3.05) is 7.11 Å². The third-order valence-electron chi connectivity index (χ3n) is 4.26. The minimum Gasteiger partial charge on any atom is -0.504 e. The Kier molecular flexibility index (Phi) is 3.37. The largest absolute Gasteiger partial charge is 0.504 e. The maximum Gasteiger partial charge on any atom is 0.0817 e. The zero-order valence-corrected chi connectivity index (χ0v) is 11.0. The van der Waals surface area contributed by atoms with E-state index in [2.05, 4.69) is 35.2 Å². The Balaban J connectivity index is 1.71. The molecule has 0 amide bonds. The van der Waals surface area contributed by atoms with Gasteiger partial charge in [0.25, 0.3) is 0 Å². The van der Waals surface area contributed by atoms with Crippen molar-refractivity contribution in [2.24, 2.45) is 0 Å². The van der Waals surface area contributed by atoms with E-state index in [1.807, 2.05) is 6.26 Å². The van der Waals surface area contributed by atoms with Gasteiger partial charge in [-0.2, -0.15) is 0 Å². The lowest BCUT2D eigenvalue weighted by molar-refractivity contribution is 0.154. The number of hydrogen-bond donors (Lipinski definition) is 0. The molecule has 1 aromatic rings. The summed E-state index contributed by atoms with van der Waals surface area (Å²) in [6.07, 6.45) is 7.04. The van der Waals surface area contributed by atoms with Gasteiger partial charge in [0.05, 0.1) is 13.4 Å². The van der Waals surface area contributed by atoms with Crippen LogP contribution in [0.3, 0.4) is 0 Å². The zero-order valence-electron chi connectivity index (χ0n) is 11.0. The van der Waals surface area contributed by atoms with Crippen LogP contribution in [0.2, 0.25) is 0 Å². The molecule has 1 aromatic carbocycles. The van der Waals surface area contributed by atoms with E-state index in [0.29, 0.717) is 0 Å². The standard InChI is InChI=1S/C16H21NO/c1-18-12-14-9-15-7-8-16(10-14)17(15)11-13-5-3-2-4-6-13/h2-6,12,15-16H,7-11H2,1H3. The average molecular weight is 243 g/mol. The van der Waals surface area contributed by atoms with Gasteiger partial charge in [-0.05, 0) is 36.8 Å². The van der Waals surface area contributed by atoms with Crippen molar-refractivity contribution in [1.29, 1.82) is 0 Å². The summed E-state index contributed by atoms with van der Waals surface area (Å²) < 4.78 is 5.18. The molecule has 2 heterocycles. The number of methoxy groups -OCH3 is 1. The topological polar surface area (TPSA) is 12.5 Å². The molecule has 2 heteroatoms. The van der Waals surface area contributed by atoms with Crippen molar-refractivity contribution in [3.05, 3.63) is 47.7 Å². The minimum atomic E-state index is 0.727. The molecule has 2 saturated heterocycles. The van der Waals surface area contributed by atoms with Crippen LogP contribution in [0.5, 0.6) is 0 Å². The maximum atomic E-state index is 5.18. The van der Waals surface area contributed by atoms with Gasteiger partial charge in [-0.25, -0.2) is 0 Å². The summed E-state index contributed by atoms with van der Waals surface area (Å²) >= 11 is 0. The monoisotopic (exact) mass is 243 g/mol. The fourth-order valence-corrected chi connectivity index (χ4v) is 3.46. The van der Waals surface area contributed by atoms with Gasteiger partial charge in [-0.1, -0.05) is 30.3 Å². The second-order valence-electron chi connectivity index (χ2n) is 5.46. The summed E-state index contributed by atoms with van der Waals surface area (Å²) in [5.74, 6) is 0. The molecule has 2 unspecified atom stereocenters. The Morgan fingerprint density at radius 2 is 1.83 bits per heavy atom. The molecule has 2 atom stereocenters. The number of rotatable bonds is 3. The van der Waals surface area contributed by atoms with Crippen molar-refractivity contribution in [2.45, 2.75) is 44.3 Å². The molecule has 3 rings (SSSR count). The molecule has 0 aromatic heterocycles. The van der Waals surface area contributed by atoms with Crippen LogP contribution in [-0.2, 0) is 11.3 Å². The normalized spacial score (nSPS) is 27.3. The second-order valence-corrected chi connectivity index (χ2v) is 5.46. The summed E-state index contributed by atoms with van der Waals surface area (Å²) in [6.45, 7) is 1.11. The Labute approximate surface area is 109 Å². The summed E-state index contributed by atoms with van der Waals surface area (Å²) in [6, 6.07) is 12.3. The number of nitrogens with zero attached hydrogens (tertiary/aromatic N) is 1. The van der Waals surface area contributed by atoms with E-state index < -0.39 is 0 Å². The number of benzene rings is 1. The van der Waals surface area contributed by atoms with E-state index in [0.717, 1.165) is 18.6 Å². The molecule has 96 valence electrons. The predicted molar refractivity (Wildman–Crippen MR) is 73.1 cm³/mol. The number of hydrogen-bond acceptors (Lipinski definition) is 2. The first-order valence-electron chi connectivity index (χ1n) is 6.87. The third kappa shape index (κ3) is 2.30. The van der Waals surface area contributed by atoms with E-state index in [-0.39, 0.29) is 0 Å². The third-order valence-corrected chi connectivity index (χ3v) is 4.26. The van der Waals surface area contributed by atoms with Gasteiger partial charge < -0.3 is 4.74 Å². The molecular formula is C16H21NO. The van der Waals surface area contributed by atoms with E-state index >= 15 is 0 Å². The summed E-state index contributed by atoms with van der Waals surface area (Å²) in [4.78, 5) is 2.70. The van der Waals surface area contributed by atoms with Gasteiger partial charge in [0.15, 0.2) is 0 Å². The quantitative estimate of drug-likeness (QED) is 0.755. The van der Waals surface area contributed by atoms with Crippen LogP contribution < -0.4 is 0 Å². The highest BCUT2D eigenvalue weighted by Crippen LogP contribution is 2.39. The smallest absolute Gasteiger partial charge is 0.0817 e. The van der Waals surface area contributed by atoms with Gasteiger partial charge in [0.2, 0.25) is 0 Å². The zero-order chi connectivity index (χ0) is 12.4. The van der Waals surface area contributed by atoms with E-state index in [1.165, 1.54) is 36.8 Å². The molecule has 2 aliphatic rings. The molecule has 0 radical (unpaired) electrons. The van der Waals surface area contributed by atoms with E-state index in [9.17, 15) is 0 Å². The van der Waals surface area contributed by atoms with Crippen LogP contribution in [-0.4, -0.2) is 24.1 Å². The molecule has 0 saturated carbocycles. The SMILES string of the molecule is COC=C1CC2CCC(C1)N2Cc1ccccc1. The van der Waals surface area contributed by atoms with Crippen molar-refractivity contribution in [3.63, 3.8) is 0 Å². The lowest BCUT2D eigenvalue weighted by Gasteiger charge is -2.36. The van der Waals surface area contributed by atoms with Gasteiger partial charge in [0, 0.05) is 18.6 Å². The average Bonchev–Trinajstić information content (AvgIpc) is 2.63. The molecule has 0 N–H and O–H groups in total. The number of piperidine rings is 1. The van der Waals surface area contributed by atoms with Crippen molar-refractivity contribution in [3.8, 4) is 0 Å². The highest BCUT2D eigenvalue weighted by atomic mass is 16.5. The molecule has 0 aliphatic carbocycles. The lowest BCUT2D eigenvalue weighted by atomic mass is 9.97. The van der Waals surface area contributed by atoms with Gasteiger partial charge >= 0.3 is 0 Å². The van der Waals surface area contributed by atoms with Crippen LogP contribution in [0.15, 0.2) is 42.2 Å². The van der Waals surface area contributed by atoms with Gasteiger partial charge in [-0.3, -0.25) is 4.90 Å². The van der Waals surface area contributed by atoms with Crippen LogP contribution in [0.25, 0.3) is 0 Å². The highest BCUT2D eigenvalue weighted by Gasteiger charge is 2.38. The fraction of sp³-hybridized carbons (Fsp3) is 0.500. The molecule has 2 aliphatic heterocycles. The molecule has 2 fully saturated rings. The van der Waals surface area contributed by atoms with Gasteiger partial charge in [0.1, 0.15) is 0 Å². The first-order chi connectivity index (χ1) is 8.86. The first kappa shape index (κ1) is 11.8. The van der Waals surface area contributed by atoms with Crippen LogP contribution in [0.4, 0.5) is 0 Å². The predicted octanol–water partition coefficient (Wildman–Crippen LogP) is 3.34. The Morgan fingerprint density at radius 3 is 2.44 bits per heavy atom. The Morgan fingerprint density at radius 1 is 1.17 bits per heavy atom. The lowest BCUT2D eigenvalue weighted by Crippen LogP contribution is -2.39. The Hall–Kier alpha value is -1.28. The highest BCUT2D eigenvalue weighted by molar-refractivity contribution is 5.18. The van der Waals surface area contributed by atoms with E-state index in [1.54, 1.807) is 7.11 Å². The van der Waals surface area contributed by atoms with Crippen LogP contribution >= 0.6 is 0 Å². The summed E-state index contributed by atoms with van der Waals surface area (Å²) in [7, 11) is 1.76. The van der Waals surface area contributed by atoms with Crippen molar-refractivity contribution in [1.82, 2.24) is 4.90 Å².